The second-order valence-electron chi connectivity index (χ2n) is 4.70. The lowest BCUT2D eigenvalue weighted by molar-refractivity contribution is 0.497. The van der Waals surface area contributed by atoms with E-state index in [2.05, 4.69) is 48.4 Å². The molecule has 0 spiro atoms. The summed E-state index contributed by atoms with van der Waals surface area (Å²) in [6, 6.07) is 9.09. The zero-order chi connectivity index (χ0) is 12.8. The summed E-state index contributed by atoms with van der Waals surface area (Å²) in [6.07, 6.45) is 7.54. The molecule has 0 saturated carbocycles. The molecule has 2 nitrogen and oxygen atoms in total. The number of fused-ring (bicyclic) bond motifs is 1. The van der Waals surface area contributed by atoms with Crippen LogP contribution >= 0.6 is 0 Å². The van der Waals surface area contributed by atoms with Crippen molar-refractivity contribution < 1.29 is 0 Å². The van der Waals surface area contributed by atoms with E-state index < -0.39 is 0 Å². The van der Waals surface area contributed by atoms with Crippen LogP contribution in [0, 0.1) is 0 Å². The fourth-order valence-corrected chi connectivity index (χ4v) is 2.47. The summed E-state index contributed by atoms with van der Waals surface area (Å²) < 4.78 is 0. The van der Waals surface area contributed by atoms with Crippen LogP contribution < -0.4 is 5.32 Å². The van der Waals surface area contributed by atoms with Crippen LogP contribution in [0.3, 0.4) is 0 Å². The van der Waals surface area contributed by atoms with Gasteiger partial charge in [-0.2, -0.15) is 0 Å². The molecule has 1 unspecified atom stereocenters. The molecule has 2 heteroatoms. The molecule has 1 aromatic heterocycles. The Morgan fingerprint density at radius 3 is 2.89 bits per heavy atom. The van der Waals surface area contributed by atoms with E-state index in [9.17, 15) is 0 Å². The SMILES string of the molecule is CCCCC(NCC)c1cccc2cnccc12. The van der Waals surface area contributed by atoms with Crippen LogP contribution in [0.1, 0.15) is 44.7 Å². The largest absolute Gasteiger partial charge is 0.310 e. The summed E-state index contributed by atoms with van der Waals surface area (Å²) in [5.74, 6) is 0. The minimum atomic E-state index is 0.459. The van der Waals surface area contributed by atoms with E-state index >= 15 is 0 Å². The molecular formula is C16H22N2. The highest BCUT2D eigenvalue weighted by Crippen LogP contribution is 2.26. The minimum absolute atomic E-state index is 0.459. The summed E-state index contributed by atoms with van der Waals surface area (Å²) in [5, 5.41) is 6.16. The molecule has 0 aliphatic carbocycles. The number of hydrogen-bond donors (Lipinski definition) is 1. The molecular weight excluding hydrogens is 220 g/mol. The standard InChI is InChI=1S/C16H22N2/c1-3-5-9-16(18-4-2)15-8-6-7-13-12-17-11-10-14(13)15/h6-8,10-12,16,18H,3-5,9H2,1-2H3. The first-order chi connectivity index (χ1) is 8.86. The molecule has 18 heavy (non-hydrogen) atoms. The van der Waals surface area contributed by atoms with Crippen molar-refractivity contribution in [3.63, 3.8) is 0 Å². The zero-order valence-corrected chi connectivity index (χ0v) is 11.3. The summed E-state index contributed by atoms with van der Waals surface area (Å²) in [4.78, 5) is 4.20. The second-order valence-corrected chi connectivity index (χ2v) is 4.70. The second kappa shape index (κ2) is 6.50. The Hall–Kier alpha value is -1.41. The lowest BCUT2D eigenvalue weighted by Crippen LogP contribution is -2.21. The van der Waals surface area contributed by atoms with Gasteiger partial charge in [0.25, 0.3) is 0 Å². The molecule has 0 bridgehead atoms. The van der Waals surface area contributed by atoms with Crippen LogP contribution in [0.2, 0.25) is 0 Å². The Balaban J connectivity index is 2.36. The summed E-state index contributed by atoms with van der Waals surface area (Å²) >= 11 is 0. The third kappa shape index (κ3) is 2.88. The molecule has 1 aromatic carbocycles. The zero-order valence-electron chi connectivity index (χ0n) is 11.3. The van der Waals surface area contributed by atoms with Gasteiger partial charge in [0.15, 0.2) is 0 Å². The molecule has 0 saturated heterocycles. The van der Waals surface area contributed by atoms with Crippen LogP contribution in [0.15, 0.2) is 36.7 Å². The van der Waals surface area contributed by atoms with Gasteiger partial charge in [0.2, 0.25) is 0 Å². The average Bonchev–Trinajstić information content (AvgIpc) is 2.43. The Bertz CT molecular complexity index is 488. The number of hydrogen-bond acceptors (Lipinski definition) is 2. The van der Waals surface area contributed by atoms with Crippen LogP contribution in [-0.2, 0) is 0 Å². The first kappa shape index (κ1) is 13.0. The maximum absolute atomic E-state index is 4.20. The third-order valence-electron chi connectivity index (χ3n) is 3.39. The molecule has 0 aliphatic heterocycles. The van der Waals surface area contributed by atoms with E-state index in [-0.39, 0.29) is 0 Å². The molecule has 1 N–H and O–H groups in total. The maximum atomic E-state index is 4.20. The lowest BCUT2D eigenvalue weighted by Gasteiger charge is -2.20. The van der Waals surface area contributed by atoms with E-state index in [1.165, 1.54) is 35.6 Å². The van der Waals surface area contributed by atoms with E-state index in [1.807, 2.05) is 12.4 Å². The Morgan fingerprint density at radius 1 is 1.22 bits per heavy atom. The summed E-state index contributed by atoms with van der Waals surface area (Å²) in [5.41, 5.74) is 1.41. The Morgan fingerprint density at radius 2 is 2.11 bits per heavy atom. The van der Waals surface area contributed by atoms with Crippen molar-refractivity contribution in [1.82, 2.24) is 10.3 Å². The fourth-order valence-electron chi connectivity index (χ4n) is 2.47. The lowest BCUT2D eigenvalue weighted by atomic mass is 9.96. The Kier molecular flexibility index (Phi) is 4.71. The van der Waals surface area contributed by atoms with E-state index in [1.54, 1.807) is 0 Å². The number of pyridine rings is 1. The first-order valence-corrected chi connectivity index (χ1v) is 6.92. The van der Waals surface area contributed by atoms with Crippen molar-refractivity contribution in [2.75, 3.05) is 6.54 Å². The number of unbranched alkanes of at least 4 members (excludes halogenated alkanes) is 1. The topological polar surface area (TPSA) is 24.9 Å². The Labute approximate surface area is 109 Å². The van der Waals surface area contributed by atoms with Crippen molar-refractivity contribution in [3.05, 3.63) is 42.2 Å². The van der Waals surface area contributed by atoms with E-state index in [0.29, 0.717) is 6.04 Å². The van der Waals surface area contributed by atoms with Crippen molar-refractivity contribution in [2.45, 2.75) is 39.2 Å². The number of nitrogens with one attached hydrogen (secondary N) is 1. The quantitative estimate of drug-likeness (QED) is 0.825. The number of aromatic nitrogens is 1. The summed E-state index contributed by atoms with van der Waals surface area (Å²) in [6.45, 7) is 5.43. The normalized spacial score (nSPS) is 12.8. The van der Waals surface area contributed by atoms with Gasteiger partial charge in [0.05, 0.1) is 0 Å². The van der Waals surface area contributed by atoms with Crippen molar-refractivity contribution >= 4 is 10.8 Å². The summed E-state index contributed by atoms with van der Waals surface area (Å²) in [7, 11) is 0. The van der Waals surface area contributed by atoms with E-state index in [4.69, 9.17) is 0 Å². The third-order valence-corrected chi connectivity index (χ3v) is 3.39. The number of nitrogens with zero attached hydrogens (tertiary/aromatic N) is 1. The van der Waals surface area contributed by atoms with Crippen LogP contribution in [-0.4, -0.2) is 11.5 Å². The molecule has 2 rings (SSSR count). The molecule has 1 heterocycles. The minimum Gasteiger partial charge on any atom is -0.310 e. The van der Waals surface area contributed by atoms with Gasteiger partial charge in [-0.1, -0.05) is 44.9 Å². The first-order valence-electron chi connectivity index (χ1n) is 6.92. The monoisotopic (exact) mass is 242 g/mol. The molecule has 0 amide bonds. The maximum Gasteiger partial charge on any atom is 0.0346 e. The predicted octanol–water partition coefficient (Wildman–Crippen LogP) is 4.08. The van der Waals surface area contributed by atoms with Crippen LogP contribution in [0.25, 0.3) is 10.8 Å². The van der Waals surface area contributed by atoms with Gasteiger partial charge in [0, 0.05) is 23.8 Å². The molecule has 0 fully saturated rings. The predicted molar refractivity (Wildman–Crippen MR) is 77.7 cm³/mol. The number of rotatable bonds is 6. The molecule has 2 aromatic rings. The highest BCUT2D eigenvalue weighted by Gasteiger charge is 2.12. The van der Waals surface area contributed by atoms with Crippen molar-refractivity contribution in [1.29, 1.82) is 0 Å². The van der Waals surface area contributed by atoms with Gasteiger partial charge in [0.1, 0.15) is 0 Å². The van der Waals surface area contributed by atoms with E-state index in [0.717, 1.165) is 6.54 Å². The van der Waals surface area contributed by atoms with Gasteiger partial charge in [-0.3, -0.25) is 4.98 Å². The molecule has 1 atom stereocenters. The van der Waals surface area contributed by atoms with Gasteiger partial charge < -0.3 is 5.32 Å². The smallest absolute Gasteiger partial charge is 0.0346 e. The fraction of sp³-hybridized carbons (Fsp3) is 0.438. The van der Waals surface area contributed by atoms with Crippen molar-refractivity contribution in [3.8, 4) is 0 Å². The van der Waals surface area contributed by atoms with Crippen LogP contribution in [0.5, 0.6) is 0 Å². The highest BCUT2D eigenvalue weighted by molar-refractivity contribution is 5.85. The number of benzene rings is 1. The molecule has 0 radical (unpaired) electrons. The van der Waals surface area contributed by atoms with Crippen molar-refractivity contribution in [2.24, 2.45) is 0 Å². The average molecular weight is 242 g/mol. The molecule has 0 aliphatic rings. The van der Waals surface area contributed by atoms with Gasteiger partial charge in [-0.15, -0.1) is 0 Å². The highest BCUT2D eigenvalue weighted by atomic mass is 14.9. The van der Waals surface area contributed by atoms with Gasteiger partial charge in [-0.25, -0.2) is 0 Å². The van der Waals surface area contributed by atoms with Gasteiger partial charge in [-0.05, 0) is 30.0 Å². The van der Waals surface area contributed by atoms with Gasteiger partial charge >= 0.3 is 0 Å². The molecule has 96 valence electrons. The van der Waals surface area contributed by atoms with Crippen LogP contribution in [0.4, 0.5) is 0 Å².